The number of rotatable bonds is 9. The summed E-state index contributed by atoms with van der Waals surface area (Å²) in [5.41, 5.74) is 1.34. The molecule has 0 heterocycles. The Morgan fingerprint density at radius 3 is 2.45 bits per heavy atom. The van der Waals surface area contributed by atoms with Crippen LogP contribution < -0.4 is 10.1 Å². The minimum Gasteiger partial charge on any atom is -0.494 e. The zero-order valence-electron chi connectivity index (χ0n) is 13.2. The molecule has 0 aliphatic heterocycles. The van der Waals surface area contributed by atoms with E-state index in [4.69, 9.17) is 4.74 Å². The lowest BCUT2D eigenvalue weighted by atomic mass is 10.1. The van der Waals surface area contributed by atoms with Crippen molar-refractivity contribution in [2.75, 3.05) is 13.2 Å². The number of hydrogen-bond donors (Lipinski definition) is 1. The van der Waals surface area contributed by atoms with Gasteiger partial charge in [0.25, 0.3) is 0 Å². The van der Waals surface area contributed by atoms with Gasteiger partial charge in [0.05, 0.1) is 6.61 Å². The minimum atomic E-state index is 0.701. The van der Waals surface area contributed by atoms with Crippen molar-refractivity contribution in [3.8, 4) is 5.75 Å². The Morgan fingerprint density at radius 1 is 1.15 bits per heavy atom. The average molecular weight is 275 g/mol. The highest BCUT2D eigenvalue weighted by Crippen LogP contribution is 2.36. The number of ether oxygens (including phenoxy) is 1. The van der Waals surface area contributed by atoms with Gasteiger partial charge in [-0.3, -0.25) is 0 Å². The molecule has 2 nitrogen and oxygen atoms in total. The van der Waals surface area contributed by atoms with Gasteiger partial charge in [-0.25, -0.2) is 0 Å². The maximum absolute atomic E-state index is 5.73. The lowest BCUT2D eigenvalue weighted by Gasteiger charge is -2.12. The monoisotopic (exact) mass is 275 g/mol. The van der Waals surface area contributed by atoms with Crippen molar-refractivity contribution in [1.82, 2.24) is 5.32 Å². The van der Waals surface area contributed by atoms with Gasteiger partial charge in [0.15, 0.2) is 0 Å². The maximum atomic E-state index is 5.73. The highest BCUT2D eigenvalue weighted by Gasteiger charge is 2.27. The molecule has 1 aromatic rings. The van der Waals surface area contributed by atoms with Crippen molar-refractivity contribution >= 4 is 0 Å². The molecule has 0 saturated heterocycles. The quantitative estimate of drug-likeness (QED) is 0.727. The predicted octanol–water partition coefficient (Wildman–Crippen LogP) is 4.25. The van der Waals surface area contributed by atoms with E-state index >= 15 is 0 Å². The number of hydrogen-bond acceptors (Lipinski definition) is 2. The lowest BCUT2D eigenvalue weighted by molar-refractivity contribution is 0.289. The highest BCUT2D eigenvalue weighted by atomic mass is 16.5. The molecule has 1 aliphatic carbocycles. The molecule has 1 aromatic carbocycles. The molecule has 0 radical (unpaired) electrons. The largest absolute Gasteiger partial charge is 0.494 e. The second-order valence-corrected chi connectivity index (χ2v) is 6.62. The van der Waals surface area contributed by atoms with Gasteiger partial charge in [0.2, 0.25) is 0 Å². The van der Waals surface area contributed by atoms with Gasteiger partial charge in [0.1, 0.15) is 5.75 Å². The van der Waals surface area contributed by atoms with Gasteiger partial charge < -0.3 is 10.1 Å². The van der Waals surface area contributed by atoms with E-state index in [2.05, 4.69) is 50.4 Å². The first kappa shape index (κ1) is 15.4. The molecule has 1 fully saturated rings. The van der Waals surface area contributed by atoms with E-state index in [1.165, 1.54) is 18.4 Å². The molecule has 112 valence electrons. The summed E-state index contributed by atoms with van der Waals surface area (Å²) < 4.78 is 5.73. The molecule has 1 N–H and O–H groups in total. The first-order valence-corrected chi connectivity index (χ1v) is 8.07. The van der Waals surface area contributed by atoms with Crippen LogP contribution in [-0.2, 0) is 6.54 Å². The summed E-state index contributed by atoms with van der Waals surface area (Å²) in [4.78, 5) is 0. The van der Waals surface area contributed by atoms with E-state index in [9.17, 15) is 0 Å². The van der Waals surface area contributed by atoms with Crippen molar-refractivity contribution in [3.63, 3.8) is 0 Å². The summed E-state index contributed by atoms with van der Waals surface area (Å²) in [6.07, 6.45) is 3.99. The molecular formula is C18H29NO. The predicted molar refractivity (Wildman–Crippen MR) is 85.0 cm³/mol. The zero-order valence-corrected chi connectivity index (χ0v) is 13.2. The van der Waals surface area contributed by atoms with Crippen LogP contribution in [0.15, 0.2) is 24.3 Å². The molecule has 0 spiro atoms. The summed E-state index contributed by atoms with van der Waals surface area (Å²) in [7, 11) is 0. The maximum Gasteiger partial charge on any atom is 0.119 e. The lowest BCUT2D eigenvalue weighted by Crippen LogP contribution is -2.21. The molecule has 0 aromatic heterocycles. The van der Waals surface area contributed by atoms with Gasteiger partial charge in [-0.2, -0.15) is 0 Å². The summed E-state index contributed by atoms with van der Waals surface area (Å²) >= 11 is 0. The standard InChI is InChI=1S/C18H29NO/c1-14(2)10-11-20-18-8-4-16(5-9-18)13-19-12-15(3)17-6-7-17/h4-5,8-9,14-15,17,19H,6-7,10-13H2,1-3H3. The normalized spacial score (nSPS) is 16.4. The van der Waals surface area contributed by atoms with E-state index in [0.717, 1.165) is 43.7 Å². The second-order valence-electron chi connectivity index (χ2n) is 6.62. The summed E-state index contributed by atoms with van der Waals surface area (Å²) in [5.74, 6) is 3.50. The van der Waals surface area contributed by atoms with E-state index in [1.807, 2.05) is 0 Å². The van der Waals surface area contributed by atoms with Gasteiger partial charge in [-0.05, 0) is 61.3 Å². The summed E-state index contributed by atoms with van der Waals surface area (Å²) in [6, 6.07) is 8.50. The van der Waals surface area contributed by atoms with E-state index < -0.39 is 0 Å². The van der Waals surface area contributed by atoms with Crippen LogP contribution in [0.3, 0.4) is 0 Å². The van der Waals surface area contributed by atoms with E-state index in [-0.39, 0.29) is 0 Å². The first-order chi connectivity index (χ1) is 9.65. The molecule has 0 amide bonds. The Morgan fingerprint density at radius 2 is 1.85 bits per heavy atom. The van der Waals surface area contributed by atoms with Crippen molar-refractivity contribution < 1.29 is 4.74 Å². The third-order valence-electron chi connectivity index (χ3n) is 4.11. The van der Waals surface area contributed by atoms with Gasteiger partial charge >= 0.3 is 0 Å². The summed E-state index contributed by atoms with van der Waals surface area (Å²) in [6.45, 7) is 9.71. The fourth-order valence-corrected chi connectivity index (χ4v) is 2.39. The van der Waals surface area contributed by atoms with Crippen LogP contribution in [-0.4, -0.2) is 13.2 Å². The van der Waals surface area contributed by atoms with Gasteiger partial charge in [-0.1, -0.05) is 32.9 Å². The molecule has 1 saturated carbocycles. The van der Waals surface area contributed by atoms with Crippen molar-refractivity contribution in [3.05, 3.63) is 29.8 Å². The highest BCUT2D eigenvalue weighted by molar-refractivity contribution is 5.27. The Hall–Kier alpha value is -1.02. The molecule has 2 heteroatoms. The minimum absolute atomic E-state index is 0.701. The average Bonchev–Trinajstić information content (AvgIpc) is 3.24. The smallest absolute Gasteiger partial charge is 0.119 e. The van der Waals surface area contributed by atoms with Crippen molar-refractivity contribution in [2.45, 2.75) is 46.6 Å². The third kappa shape index (κ3) is 5.54. The van der Waals surface area contributed by atoms with Crippen LogP contribution in [0.2, 0.25) is 0 Å². The number of nitrogens with one attached hydrogen (secondary N) is 1. The first-order valence-electron chi connectivity index (χ1n) is 8.07. The SMILES string of the molecule is CC(C)CCOc1ccc(CNCC(C)C2CC2)cc1. The molecular weight excluding hydrogens is 246 g/mol. The fraction of sp³-hybridized carbons (Fsp3) is 0.667. The molecule has 1 aliphatic rings. The molecule has 1 atom stereocenters. The van der Waals surface area contributed by atoms with Crippen LogP contribution in [0.5, 0.6) is 5.75 Å². The third-order valence-corrected chi connectivity index (χ3v) is 4.11. The topological polar surface area (TPSA) is 21.3 Å². The Balaban J connectivity index is 1.65. The van der Waals surface area contributed by atoms with Crippen LogP contribution in [0.1, 0.15) is 45.6 Å². The summed E-state index contributed by atoms with van der Waals surface area (Å²) in [5, 5.41) is 3.56. The zero-order chi connectivity index (χ0) is 14.4. The Kier molecular flexibility index (Phi) is 5.90. The van der Waals surface area contributed by atoms with Crippen LogP contribution in [0.25, 0.3) is 0 Å². The van der Waals surface area contributed by atoms with Gasteiger partial charge in [0, 0.05) is 6.54 Å². The van der Waals surface area contributed by atoms with Crippen LogP contribution in [0, 0.1) is 17.8 Å². The van der Waals surface area contributed by atoms with Crippen LogP contribution >= 0.6 is 0 Å². The second kappa shape index (κ2) is 7.68. The van der Waals surface area contributed by atoms with Crippen LogP contribution in [0.4, 0.5) is 0 Å². The fourth-order valence-electron chi connectivity index (χ4n) is 2.39. The van der Waals surface area contributed by atoms with Gasteiger partial charge in [-0.15, -0.1) is 0 Å². The number of benzene rings is 1. The molecule has 1 unspecified atom stereocenters. The Bertz CT molecular complexity index is 381. The van der Waals surface area contributed by atoms with Crippen molar-refractivity contribution in [2.24, 2.45) is 17.8 Å². The molecule has 0 bridgehead atoms. The van der Waals surface area contributed by atoms with Crippen molar-refractivity contribution in [1.29, 1.82) is 0 Å². The van der Waals surface area contributed by atoms with E-state index in [0.29, 0.717) is 5.92 Å². The van der Waals surface area contributed by atoms with E-state index in [1.54, 1.807) is 0 Å². The molecule has 2 rings (SSSR count). The molecule has 20 heavy (non-hydrogen) atoms. The Labute approximate surface area is 123 Å².